The fourth-order valence-corrected chi connectivity index (χ4v) is 5.91. The number of methoxy groups -OCH3 is 2. The van der Waals surface area contributed by atoms with E-state index in [1.807, 2.05) is 0 Å². The van der Waals surface area contributed by atoms with Gasteiger partial charge < -0.3 is 9.47 Å². The quantitative estimate of drug-likeness (QED) is 0.544. The van der Waals surface area contributed by atoms with E-state index < -0.39 is 20.0 Å². The molecule has 3 aromatic rings. The zero-order valence-corrected chi connectivity index (χ0v) is 18.8. The van der Waals surface area contributed by atoms with Crippen molar-refractivity contribution in [2.75, 3.05) is 30.3 Å². The minimum absolute atomic E-state index is 0.00180. The van der Waals surface area contributed by atoms with Gasteiger partial charge in [-0.05, 0) is 47.8 Å². The zero-order valence-electron chi connectivity index (χ0n) is 16.4. The summed E-state index contributed by atoms with van der Waals surface area (Å²) in [5.41, 5.74) is 0.591. The fourth-order valence-electron chi connectivity index (χ4n) is 2.65. The van der Waals surface area contributed by atoms with Gasteiger partial charge in [-0.25, -0.2) is 16.8 Å². The lowest BCUT2D eigenvalue weighted by atomic mass is 10.3. The first-order valence-electron chi connectivity index (χ1n) is 8.56. The molecule has 0 aliphatic rings. The summed E-state index contributed by atoms with van der Waals surface area (Å²) >= 11 is 1.09. The highest BCUT2D eigenvalue weighted by molar-refractivity contribution is 7.94. The predicted octanol–water partition coefficient (Wildman–Crippen LogP) is 3.39. The predicted molar refractivity (Wildman–Crippen MR) is 117 cm³/mol. The maximum Gasteiger partial charge on any atom is 0.271 e. The van der Waals surface area contributed by atoms with E-state index in [-0.39, 0.29) is 14.8 Å². The SMILES string of the molecule is COc1ccc(N(C)S(=O)(=O)c2ccc(NS(=O)(=O)c3cccs3)cc2)c(OC)c1. The van der Waals surface area contributed by atoms with Crippen LogP contribution in [-0.4, -0.2) is 38.1 Å². The average molecular weight is 469 g/mol. The summed E-state index contributed by atoms with van der Waals surface area (Å²) in [5.74, 6) is 0.865. The van der Waals surface area contributed by atoms with Crippen molar-refractivity contribution in [1.29, 1.82) is 0 Å². The number of ether oxygens (including phenoxy) is 2. The molecule has 0 saturated carbocycles. The molecule has 0 spiro atoms. The van der Waals surface area contributed by atoms with Crippen molar-refractivity contribution in [3.05, 3.63) is 60.0 Å². The number of benzene rings is 2. The Bertz CT molecular complexity index is 1220. The smallest absolute Gasteiger partial charge is 0.271 e. The lowest BCUT2D eigenvalue weighted by Crippen LogP contribution is -2.27. The van der Waals surface area contributed by atoms with Crippen LogP contribution in [0.3, 0.4) is 0 Å². The van der Waals surface area contributed by atoms with Gasteiger partial charge in [0, 0.05) is 18.8 Å². The van der Waals surface area contributed by atoms with Gasteiger partial charge in [-0.3, -0.25) is 9.03 Å². The van der Waals surface area contributed by atoms with Crippen molar-refractivity contribution in [2.45, 2.75) is 9.10 Å². The number of nitrogens with zero attached hydrogens (tertiary/aromatic N) is 1. The lowest BCUT2D eigenvalue weighted by Gasteiger charge is -2.22. The number of hydrogen-bond acceptors (Lipinski definition) is 7. The van der Waals surface area contributed by atoms with E-state index >= 15 is 0 Å². The molecule has 30 heavy (non-hydrogen) atoms. The Kier molecular flexibility index (Phi) is 6.25. The molecule has 0 fully saturated rings. The molecule has 11 heteroatoms. The minimum atomic E-state index is -3.91. The van der Waals surface area contributed by atoms with Gasteiger partial charge in [0.2, 0.25) is 0 Å². The van der Waals surface area contributed by atoms with Gasteiger partial charge in [0.15, 0.2) is 0 Å². The Morgan fingerprint density at radius 3 is 2.20 bits per heavy atom. The van der Waals surface area contributed by atoms with E-state index in [9.17, 15) is 16.8 Å². The molecule has 0 radical (unpaired) electrons. The minimum Gasteiger partial charge on any atom is -0.497 e. The summed E-state index contributed by atoms with van der Waals surface area (Å²) < 4.78 is 64.8. The molecule has 0 atom stereocenters. The van der Waals surface area contributed by atoms with Crippen LogP contribution in [0.1, 0.15) is 0 Å². The van der Waals surface area contributed by atoms with E-state index in [4.69, 9.17) is 9.47 Å². The van der Waals surface area contributed by atoms with E-state index in [0.717, 1.165) is 15.6 Å². The number of thiophene rings is 1. The molecule has 0 aliphatic carbocycles. The second kappa shape index (κ2) is 8.54. The lowest BCUT2D eigenvalue weighted by molar-refractivity contribution is 0.395. The standard InChI is InChI=1S/C19H20N2O6S3/c1-21(17-11-8-15(26-2)13-18(17)27-3)30(24,25)16-9-6-14(7-10-16)20-29(22,23)19-5-4-12-28-19/h4-13,20H,1-3H3. The van der Waals surface area contributed by atoms with Gasteiger partial charge >= 0.3 is 0 Å². The molecule has 0 aliphatic heterocycles. The molecule has 1 aromatic heterocycles. The summed E-state index contributed by atoms with van der Waals surface area (Å²) in [6.45, 7) is 0. The number of hydrogen-bond donors (Lipinski definition) is 1. The van der Waals surface area contributed by atoms with Crippen LogP contribution < -0.4 is 18.5 Å². The molecule has 2 aromatic carbocycles. The number of anilines is 2. The normalized spacial score (nSPS) is 11.7. The van der Waals surface area contributed by atoms with Crippen molar-refractivity contribution in [3.63, 3.8) is 0 Å². The third-order valence-corrected chi connectivity index (χ3v) is 8.82. The molecule has 0 amide bonds. The molecule has 0 saturated heterocycles. The molecular formula is C19H20N2O6S3. The Morgan fingerprint density at radius 1 is 0.933 bits per heavy atom. The highest BCUT2D eigenvalue weighted by Gasteiger charge is 2.24. The van der Waals surface area contributed by atoms with Crippen molar-refractivity contribution in [2.24, 2.45) is 0 Å². The molecule has 8 nitrogen and oxygen atoms in total. The second-order valence-electron chi connectivity index (χ2n) is 6.07. The van der Waals surface area contributed by atoms with Crippen LogP contribution in [0.15, 0.2) is 69.1 Å². The Hall–Kier alpha value is -2.76. The first kappa shape index (κ1) is 21.9. The molecule has 1 heterocycles. The summed E-state index contributed by atoms with van der Waals surface area (Å²) in [7, 11) is -3.27. The van der Waals surface area contributed by atoms with Crippen LogP contribution >= 0.6 is 11.3 Å². The van der Waals surface area contributed by atoms with Crippen molar-refractivity contribution in [3.8, 4) is 11.5 Å². The molecule has 3 rings (SSSR count). The van der Waals surface area contributed by atoms with Gasteiger partial charge in [-0.15, -0.1) is 11.3 Å². The molecule has 1 N–H and O–H groups in total. The van der Waals surface area contributed by atoms with Crippen molar-refractivity contribution < 1.29 is 26.3 Å². The average Bonchev–Trinajstić information content (AvgIpc) is 3.29. The Labute approximate surface area is 179 Å². The van der Waals surface area contributed by atoms with E-state index in [2.05, 4.69) is 4.72 Å². The summed E-state index contributed by atoms with van der Waals surface area (Å²) in [4.78, 5) is 0.00180. The maximum atomic E-state index is 13.0. The van der Waals surface area contributed by atoms with Crippen LogP contribution in [0.2, 0.25) is 0 Å². The van der Waals surface area contributed by atoms with Crippen LogP contribution in [0.4, 0.5) is 11.4 Å². The number of rotatable bonds is 8. The molecule has 160 valence electrons. The molecule has 0 bridgehead atoms. The third kappa shape index (κ3) is 4.37. The first-order valence-corrected chi connectivity index (χ1v) is 12.4. The first-order chi connectivity index (χ1) is 14.2. The number of nitrogens with one attached hydrogen (secondary N) is 1. The fraction of sp³-hybridized carbons (Fsp3) is 0.158. The van der Waals surface area contributed by atoms with Gasteiger partial charge in [0.05, 0.1) is 24.8 Å². The van der Waals surface area contributed by atoms with Gasteiger partial charge in [-0.1, -0.05) is 6.07 Å². The highest BCUT2D eigenvalue weighted by Crippen LogP contribution is 2.34. The van der Waals surface area contributed by atoms with E-state index in [1.165, 1.54) is 51.6 Å². The van der Waals surface area contributed by atoms with Crippen LogP contribution in [-0.2, 0) is 20.0 Å². The summed E-state index contributed by atoms with van der Waals surface area (Å²) in [5, 5.41) is 1.66. The summed E-state index contributed by atoms with van der Waals surface area (Å²) in [6.07, 6.45) is 0. The Morgan fingerprint density at radius 2 is 1.63 bits per heavy atom. The largest absolute Gasteiger partial charge is 0.497 e. The van der Waals surface area contributed by atoms with Gasteiger partial charge in [-0.2, -0.15) is 0 Å². The summed E-state index contributed by atoms with van der Waals surface area (Å²) in [6, 6.07) is 13.4. The zero-order chi connectivity index (χ0) is 21.9. The van der Waals surface area contributed by atoms with Gasteiger partial charge in [0.1, 0.15) is 15.7 Å². The highest BCUT2D eigenvalue weighted by atomic mass is 32.2. The monoisotopic (exact) mass is 468 g/mol. The van der Waals surface area contributed by atoms with Crippen LogP contribution in [0, 0.1) is 0 Å². The van der Waals surface area contributed by atoms with Crippen LogP contribution in [0.25, 0.3) is 0 Å². The molecular weight excluding hydrogens is 448 g/mol. The third-order valence-electron chi connectivity index (χ3n) is 4.25. The second-order valence-corrected chi connectivity index (χ2v) is 10.9. The van der Waals surface area contributed by atoms with Gasteiger partial charge in [0.25, 0.3) is 20.0 Å². The Balaban J connectivity index is 1.86. The van der Waals surface area contributed by atoms with E-state index in [0.29, 0.717) is 17.2 Å². The van der Waals surface area contributed by atoms with Crippen molar-refractivity contribution >= 4 is 42.8 Å². The van der Waals surface area contributed by atoms with Crippen molar-refractivity contribution in [1.82, 2.24) is 0 Å². The number of sulfonamides is 2. The molecule has 0 unspecified atom stereocenters. The van der Waals surface area contributed by atoms with Crippen LogP contribution in [0.5, 0.6) is 11.5 Å². The topological polar surface area (TPSA) is 102 Å². The van der Waals surface area contributed by atoms with E-state index in [1.54, 1.807) is 29.6 Å². The maximum absolute atomic E-state index is 13.0.